The molecule has 0 spiro atoms. The van der Waals surface area contributed by atoms with Crippen LogP contribution in [0.3, 0.4) is 0 Å². The van der Waals surface area contributed by atoms with E-state index >= 15 is 0 Å². The minimum absolute atomic E-state index is 0.0896. The molecule has 2 N–H and O–H groups in total. The van der Waals surface area contributed by atoms with Crippen molar-refractivity contribution in [1.82, 2.24) is 19.9 Å². The first-order valence-electron chi connectivity index (χ1n) is 8.66. The lowest BCUT2D eigenvalue weighted by Crippen LogP contribution is -2.41. The van der Waals surface area contributed by atoms with Crippen LogP contribution in [0.4, 0.5) is 0 Å². The molecule has 0 radical (unpaired) electrons. The van der Waals surface area contributed by atoms with E-state index in [2.05, 4.69) is 21.5 Å². The third-order valence-corrected chi connectivity index (χ3v) is 4.86. The highest BCUT2D eigenvalue weighted by Crippen LogP contribution is 2.38. The lowest BCUT2D eigenvalue weighted by Gasteiger charge is -2.31. The molecule has 2 aliphatic rings. The second kappa shape index (κ2) is 7.15. The molecule has 0 atom stereocenters. The lowest BCUT2D eigenvalue weighted by molar-refractivity contribution is -0.128. The average molecular weight is 330 g/mol. The van der Waals surface area contributed by atoms with E-state index in [1.165, 1.54) is 12.8 Å². The summed E-state index contributed by atoms with van der Waals surface area (Å²) < 4.78 is 1.96. The number of amides is 1. The van der Waals surface area contributed by atoms with Crippen LogP contribution in [0.1, 0.15) is 44.2 Å². The average Bonchev–Trinajstić information content (AvgIpc) is 3.34. The molecule has 7 heteroatoms. The number of carbonyl (C=O) groups excluding carboxylic acids is 1. The van der Waals surface area contributed by atoms with Crippen molar-refractivity contribution in [2.45, 2.75) is 45.1 Å². The standard InChI is InChI=1S/C17H26N6O/c1-12(19-2)9-15(18)17(24)22-7-5-13(6-8-22)10-23-11-16(20-21-23)14-3-4-14/h9,11,13-14H,3-8,10,18H2,1-2H3. The van der Waals surface area contributed by atoms with Gasteiger partial charge in [0.2, 0.25) is 0 Å². The molecule has 130 valence electrons. The van der Waals surface area contributed by atoms with Crippen LogP contribution in [0.15, 0.2) is 23.0 Å². The molecule has 0 bridgehead atoms. The van der Waals surface area contributed by atoms with Gasteiger partial charge in [0.15, 0.2) is 0 Å². The van der Waals surface area contributed by atoms with Crippen molar-refractivity contribution in [3.8, 4) is 0 Å². The van der Waals surface area contributed by atoms with Gasteiger partial charge in [0.05, 0.1) is 11.4 Å². The van der Waals surface area contributed by atoms with Crippen LogP contribution < -0.4 is 5.73 Å². The fourth-order valence-electron chi connectivity index (χ4n) is 3.09. The maximum Gasteiger partial charge on any atom is 0.269 e. The molecule has 0 aromatic carbocycles. The minimum Gasteiger partial charge on any atom is -0.394 e. The Hall–Kier alpha value is -2.18. The van der Waals surface area contributed by atoms with Gasteiger partial charge in [0, 0.05) is 44.5 Å². The van der Waals surface area contributed by atoms with E-state index in [-0.39, 0.29) is 11.6 Å². The Morgan fingerprint density at radius 3 is 2.71 bits per heavy atom. The van der Waals surface area contributed by atoms with E-state index in [0.29, 0.717) is 11.8 Å². The number of aliphatic imine (C=N–C) groups is 1. The molecule has 1 aliphatic heterocycles. The molecule has 2 fully saturated rings. The summed E-state index contributed by atoms with van der Waals surface area (Å²) >= 11 is 0. The Labute approximate surface area is 142 Å². The van der Waals surface area contributed by atoms with Crippen molar-refractivity contribution in [1.29, 1.82) is 0 Å². The van der Waals surface area contributed by atoms with Crippen molar-refractivity contribution in [3.63, 3.8) is 0 Å². The largest absolute Gasteiger partial charge is 0.394 e. The number of nitrogens with two attached hydrogens (primary N) is 1. The fraction of sp³-hybridized carbons (Fsp3) is 0.647. The van der Waals surface area contributed by atoms with Crippen LogP contribution in [0, 0.1) is 5.92 Å². The summed E-state index contributed by atoms with van der Waals surface area (Å²) in [6.45, 7) is 4.20. The summed E-state index contributed by atoms with van der Waals surface area (Å²) in [7, 11) is 1.69. The van der Waals surface area contributed by atoms with Crippen molar-refractivity contribution in [2.75, 3.05) is 20.1 Å². The van der Waals surface area contributed by atoms with Gasteiger partial charge in [-0.3, -0.25) is 14.5 Å². The van der Waals surface area contributed by atoms with Gasteiger partial charge in [-0.25, -0.2) is 0 Å². The van der Waals surface area contributed by atoms with Gasteiger partial charge in [0.1, 0.15) is 0 Å². The summed E-state index contributed by atoms with van der Waals surface area (Å²) in [5.74, 6) is 1.09. The molecule has 1 saturated heterocycles. The molecular weight excluding hydrogens is 304 g/mol. The van der Waals surface area contributed by atoms with E-state index in [1.807, 2.05) is 16.5 Å². The SMILES string of the molecule is CN=C(C)C=C(N)C(=O)N1CCC(Cn2cc(C3CC3)nn2)CC1. The van der Waals surface area contributed by atoms with Crippen LogP contribution in [0.5, 0.6) is 0 Å². The van der Waals surface area contributed by atoms with Gasteiger partial charge >= 0.3 is 0 Å². The Balaban J connectivity index is 1.49. The summed E-state index contributed by atoms with van der Waals surface area (Å²) in [6.07, 6.45) is 8.16. The molecule has 1 aromatic rings. The monoisotopic (exact) mass is 330 g/mol. The fourth-order valence-corrected chi connectivity index (χ4v) is 3.09. The van der Waals surface area contributed by atoms with Gasteiger partial charge in [-0.2, -0.15) is 0 Å². The van der Waals surface area contributed by atoms with E-state index in [1.54, 1.807) is 13.1 Å². The first-order valence-corrected chi connectivity index (χ1v) is 8.66. The molecule has 7 nitrogen and oxygen atoms in total. The second-order valence-corrected chi connectivity index (χ2v) is 6.84. The van der Waals surface area contributed by atoms with Crippen molar-refractivity contribution in [2.24, 2.45) is 16.6 Å². The smallest absolute Gasteiger partial charge is 0.269 e. The number of aromatic nitrogens is 3. The third-order valence-electron chi connectivity index (χ3n) is 4.86. The predicted octanol–water partition coefficient (Wildman–Crippen LogP) is 1.33. The molecule has 1 amide bonds. The number of rotatable bonds is 5. The molecule has 1 aliphatic carbocycles. The summed E-state index contributed by atoms with van der Waals surface area (Å²) in [5.41, 5.74) is 8.04. The zero-order chi connectivity index (χ0) is 17.1. The predicted molar refractivity (Wildman–Crippen MR) is 92.6 cm³/mol. The minimum atomic E-state index is -0.0896. The Morgan fingerprint density at radius 1 is 1.38 bits per heavy atom. The Bertz CT molecular complexity index is 650. The number of hydrogen-bond acceptors (Lipinski definition) is 5. The second-order valence-electron chi connectivity index (χ2n) is 6.84. The van der Waals surface area contributed by atoms with Gasteiger partial charge in [-0.1, -0.05) is 5.21 Å². The zero-order valence-electron chi connectivity index (χ0n) is 14.5. The van der Waals surface area contributed by atoms with Crippen LogP contribution in [0.25, 0.3) is 0 Å². The molecular formula is C17H26N6O. The van der Waals surface area contributed by atoms with Crippen LogP contribution in [0.2, 0.25) is 0 Å². The van der Waals surface area contributed by atoms with Gasteiger partial charge in [-0.05, 0) is 44.6 Å². The van der Waals surface area contributed by atoms with E-state index in [4.69, 9.17) is 5.73 Å². The van der Waals surface area contributed by atoms with E-state index in [9.17, 15) is 4.79 Å². The topological polar surface area (TPSA) is 89.4 Å². The zero-order valence-corrected chi connectivity index (χ0v) is 14.5. The number of likely N-dealkylation sites (tertiary alicyclic amines) is 1. The Morgan fingerprint density at radius 2 is 2.08 bits per heavy atom. The first-order chi connectivity index (χ1) is 11.6. The lowest BCUT2D eigenvalue weighted by atomic mass is 9.96. The maximum atomic E-state index is 12.3. The number of allylic oxidation sites excluding steroid dienone is 1. The first kappa shape index (κ1) is 16.7. The molecule has 3 rings (SSSR count). The highest BCUT2D eigenvalue weighted by atomic mass is 16.2. The van der Waals surface area contributed by atoms with Crippen LogP contribution >= 0.6 is 0 Å². The van der Waals surface area contributed by atoms with E-state index < -0.39 is 0 Å². The molecule has 1 aromatic heterocycles. The van der Waals surface area contributed by atoms with Crippen molar-refractivity contribution >= 4 is 11.6 Å². The molecule has 2 heterocycles. The van der Waals surface area contributed by atoms with Gasteiger partial charge in [0.25, 0.3) is 5.91 Å². The van der Waals surface area contributed by atoms with Crippen LogP contribution in [-0.4, -0.2) is 51.6 Å². The molecule has 1 saturated carbocycles. The summed E-state index contributed by atoms with van der Waals surface area (Å²) in [6, 6.07) is 0. The number of piperidine rings is 1. The summed E-state index contributed by atoms with van der Waals surface area (Å²) in [5, 5.41) is 8.50. The number of carbonyl (C=O) groups is 1. The normalized spacial score (nSPS) is 20.5. The third kappa shape index (κ3) is 4.01. The molecule has 24 heavy (non-hydrogen) atoms. The van der Waals surface area contributed by atoms with E-state index in [0.717, 1.165) is 43.9 Å². The molecule has 0 unspecified atom stereocenters. The van der Waals surface area contributed by atoms with Crippen LogP contribution in [-0.2, 0) is 11.3 Å². The highest BCUT2D eigenvalue weighted by Gasteiger charge is 2.28. The number of hydrogen-bond donors (Lipinski definition) is 1. The highest BCUT2D eigenvalue weighted by molar-refractivity contribution is 6.02. The van der Waals surface area contributed by atoms with Gasteiger partial charge < -0.3 is 10.6 Å². The Kier molecular flexibility index (Phi) is 4.97. The van der Waals surface area contributed by atoms with Crippen molar-refractivity contribution in [3.05, 3.63) is 23.7 Å². The van der Waals surface area contributed by atoms with Gasteiger partial charge in [-0.15, -0.1) is 5.10 Å². The summed E-state index contributed by atoms with van der Waals surface area (Å²) in [4.78, 5) is 18.2. The number of nitrogens with zero attached hydrogens (tertiary/aromatic N) is 5. The maximum absolute atomic E-state index is 12.3. The van der Waals surface area contributed by atoms with Crippen molar-refractivity contribution < 1.29 is 4.79 Å². The quantitative estimate of drug-likeness (QED) is 0.651.